The number of carbonyl (C=O) groups is 2. The molecule has 0 fully saturated rings. The maximum absolute atomic E-state index is 13.5. The number of hydrogen-bond acceptors (Lipinski definition) is 3. The molecule has 5 heteroatoms. The number of esters is 1. The summed E-state index contributed by atoms with van der Waals surface area (Å²) in [6, 6.07) is 9.77. The van der Waals surface area contributed by atoms with Crippen LogP contribution in [0.25, 0.3) is 0 Å². The average molecular weight is 318 g/mol. The van der Waals surface area contributed by atoms with Gasteiger partial charge in [0, 0.05) is 12.5 Å². The van der Waals surface area contributed by atoms with Crippen molar-refractivity contribution in [3.8, 4) is 5.75 Å². The number of halogens is 2. The summed E-state index contributed by atoms with van der Waals surface area (Å²) in [6.07, 6.45) is 0.506. The molecule has 0 aromatic heterocycles. The maximum Gasteiger partial charge on any atom is 0.311 e. The van der Waals surface area contributed by atoms with Crippen molar-refractivity contribution in [2.45, 2.75) is 26.2 Å². The molecule has 0 aliphatic heterocycles. The van der Waals surface area contributed by atoms with Crippen LogP contribution in [-0.2, 0) is 11.2 Å². The van der Waals surface area contributed by atoms with Crippen LogP contribution in [0.1, 0.15) is 35.7 Å². The number of ketones is 1. The summed E-state index contributed by atoms with van der Waals surface area (Å²) < 4.78 is 31.4. The van der Waals surface area contributed by atoms with Gasteiger partial charge in [0.25, 0.3) is 0 Å². The molecule has 0 bridgehead atoms. The highest BCUT2D eigenvalue weighted by Gasteiger charge is 2.15. The van der Waals surface area contributed by atoms with E-state index in [1.165, 1.54) is 0 Å². The van der Waals surface area contributed by atoms with Crippen LogP contribution in [0.5, 0.6) is 5.75 Å². The van der Waals surface area contributed by atoms with Crippen LogP contribution in [0.2, 0.25) is 0 Å². The van der Waals surface area contributed by atoms with Gasteiger partial charge in [-0.1, -0.05) is 19.1 Å². The van der Waals surface area contributed by atoms with Crippen LogP contribution in [0.3, 0.4) is 0 Å². The molecule has 0 aliphatic rings. The lowest BCUT2D eigenvalue weighted by molar-refractivity contribution is -0.134. The quantitative estimate of drug-likeness (QED) is 0.457. The Hall–Kier alpha value is -2.56. The monoisotopic (exact) mass is 318 g/mol. The summed E-state index contributed by atoms with van der Waals surface area (Å²) in [7, 11) is 0. The van der Waals surface area contributed by atoms with Gasteiger partial charge in [-0.05, 0) is 36.2 Å². The van der Waals surface area contributed by atoms with Crippen LogP contribution in [-0.4, -0.2) is 11.8 Å². The zero-order valence-electron chi connectivity index (χ0n) is 12.6. The Morgan fingerprint density at radius 1 is 1.00 bits per heavy atom. The fourth-order valence-corrected chi connectivity index (χ4v) is 2.04. The maximum atomic E-state index is 13.5. The Kier molecular flexibility index (Phi) is 5.57. The summed E-state index contributed by atoms with van der Waals surface area (Å²) in [4.78, 5) is 23.6. The number of Topliss-reactive ketones (excluding diaryl/α,β-unsaturated/α-hetero) is 1. The molecular weight excluding hydrogens is 302 g/mol. The highest BCUT2D eigenvalue weighted by molar-refractivity contribution is 5.97. The average Bonchev–Trinajstić information content (AvgIpc) is 2.53. The van der Waals surface area contributed by atoms with E-state index in [0.717, 1.165) is 24.1 Å². The molecule has 2 aromatic rings. The van der Waals surface area contributed by atoms with Crippen molar-refractivity contribution in [1.29, 1.82) is 0 Å². The van der Waals surface area contributed by atoms with Crippen molar-refractivity contribution in [2.75, 3.05) is 0 Å². The molecule has 0 amide bonds. The van der Waals surface area contributed by atoms with Gasteiger partial charge in [0.15, 0.2) is 5.78 Å². The number of carbonyl (C=O) groups excluding carboxylic acids is 2. The molecule has 120 valence electrons. The van der Waals surface area contributed by atoms with E-state index in [4.69, 9.17) is 4.74 Å². The lowest BCUT2D eigenvalue weighted by Gasteiger charge is -2.05. The molecule has 23 heavy (non-hydrogen) atoms. The zero-order valence-corrected chi connectivity index (χ0v) is 12.6. The lowest BCUT2D eigenvalue weighted by Crippen LogP contribution is -2.11. The first-order chi connectivity index (χ1) is 11.0. The summed E-state index contributed by atoms with van der Waals surface area (Å²) >= 11 is 0. The van der Waals surface area contributed by atoms with E-state index in [1.54, 1.807) is 12.1 Å². The lowest BCUT2D eigenvalue weighted by atomic mass is 10.1. The van der Waals surface area contributed by atoms with E-state index >= 15 is 0 Å². The van der Waals surface area contributed by atoms with Gasteiger partial charge in [-0.15, -0.1) is 0 Å². The standard InChI is InChI=1S/C18H16F2O3/c1-2-12-3-6-14(7-4-12)23-18(22)10-9-17(21)15-8-5-13(19)11-16(15)20/h3-8,11H,2,9-10H2,1H3. The molecule has 0 saturated heterocycles. The fourth-order valence-electron chi connectivity index (χ4n) is 2.04. The van der Waals surface area contributed by atoms with E-state index in [-0.39, 0.29) is 18.4 Å². The molecular formula is C18H16F2O3. The Morgan fingerprint density at radius 3 is 2.30 bits per heavy atom. The van der Waals surface area contributed by atoms with Crippen molar-refractivity contribution < 1.29 is 23.1 Å². The largest absolute Gasteiger partial charge is 0.427 e. The SMILES string of the molecule is CCc1ccc(OC(=O)CCC(=O)c2ccc(F)cc2F)cc1. The van der Waals surface area contributed by atoms with Gasteiger partial charge < -0.3 is 4.74 Å². The van der Waals surface area contributed by atoms with Gasteiger partial charge in [0.05, 0.1) is 12.0 Å². The van der Waals surface area contributed by atoms with Gasteiger partial charge in [0.2, 0.25) is 0 Å². The Labute approximate surface area is 132 Å². The molecule has 0 saturated carbocycles. The number of aryl methyl sites for hydroxylation is 1. The Bertz CT molecular complexity index is 709. The summed E-state index contributed by atoms with van der Waals surface area (Å²) in [5.41, 5.74) is 0.887. The minimum Gasteiger partial charge on any atom is -0.427 e. The minimum atomic E-state index is -0.932. The topological polar surface area (TPSA) is 43.4 Å². The first-order valence-corrected chi connectivity index (χ1v) is 7.27. The number of rotatable bonds is 6. The first kappa shape index (κ1) is 16.8. The third-order valence-corrected chi connectivity index (χ3v) is 3.35. The molecule has 0 unspecified atom stereocenters. The predicted octanol–water partition coefficient (Wildman–Crippen LogP) is 4.10. The smallest absolute Gasteiger partial charge is 0.311 e. The molecule has 2 rings (SSSR count). The minimum absolute atomic E-state index is 0.175. The van der Waals surface area contributed by atoms with E-state index in [1.807, 2.05) is 19.1 Å². The first-order valence-electron chi connectivity index (χ1n) is 7.27. The van der Waals surface area contributed by atoms with Crippen LogP contribution in [0, 0.1) is 11.6 Å². The molecule has 0 N–H and O–H groups in total. The van der Waals surface area contributed by atoms with Gasteiger partial charge in [-0.2, -0.15) is 0 Å². The molecule has 0 aliphatic carbocycles. The predicted molar refractivity (Wildman–Crippen MR) is 81.4 cm³/mol. The Morgan fingerprint density at radius 2 is 1.70 bits per heavy atom. The van der Waals surface area contributed by atoms with E-state index in [2.05, 4.69) is 0 Å². The third kappa shape index (κ3) is 4.71. The van der Waals surface area contributed by atoms with Crippen molar-refractivity contribution in [1.82, 2.24) is 0 Å². The van der Waals surface area contributed by atoms with Crippen molar-refractivity contribution in [3.05, 3.63) is 65.2 Å². The van der Waals surface area contributed by atoms with Gasteiger partial charge in [-0.3, -0.25) is 9.59 Å². The summed E-state index contributed by atoms with van der Waals surface area (Å²) in [6.45, 7) is 2.02. The van der Waals surface area contributed by atoms with Gasteiger partial charge >= 0.3 is 5.97 Å². The zero-order chi connectivity index (χ0) is 16.8. The molecule has 0 radical (unpaired) electrons. The second-order valence-electron chi connectivity index (χ2n) is 5.02. The normalized spacial score (nSPS) is 10.4. The fraction of sp³-hybridized carbons (Fsp3) is 0.222. The second-order valence-corrected chi connectivity index (χ2v) is 5.02. The molecule has 3 nitrogen and oxygen atoms in total. The van der Waals surface area contributed by atoms with E-state index in [0.29, 0.717) is 11.8 Å². The number of ether oxygens (including phenoxy) is 1. The van der Waals surface area contributed by atoms with Gasteiger partial charge in [0.1, 0.15) is 17.4 Å². The number of hydrogen-bond donors (Lipinski definition) is 0. The highest BCUT2D eigenvalue weighted by atomic mass is 19.1. The van der Waals surface area contributed by atoms with Crippen LogP contribution in [0.15, 0.2) is 42.5 Å². The third-order valence-electron chi connectivity index (χ3n) is 3.35. The number of benzene rings is 2. The van der Waals surface area contributed by atoms with Crippen molar-refractivity contribution in [2.24, 2.45) is 0 Å². The molecule has 0 atom stereocenters. The van der Waals surface area contributed by atoms with Crippen molar-refractivity contribution >= 4 is 11.8 Å². The second kappa shape index (κ2) is 7.63. The van der Waals surface area contributed by atoms with E-state index < -0.39 is 23.4 Å². The highest BCUT2D eigenvalue weighted by Crippen LogP contribution is 2.15. The molecule has 0 heterocycles. The Balaban J connectivity index is 1.89. The van der Waals surface area contributed by atoms with Crippen LogP contribution < -0.4 is 4.74 Å². The van der Waals surface area contributed by atoms with E-state index in [9.17, 15) is 18.4 Å². The van der Waals surface area contributed by atoms with Crippen LogP contribution >= 0.6 is 0 Å². The summed E-state index contributed by atoms with van der Waals surface area (Å²) in [5, 5.41) is 0. The van der Waals surface area contributed by atoms with Crippen LogP contribution in [0.4, 0.5) is 8.78 Å². The van der Waals surface area contributed by atoms with Crippen molar-refractivity contribution in [3.63, 3.8) is 0 Å². The molecule has 0 spiro atoms. The summed E-state index contributed by atoms with van der Waals surface area (Å²) in [5.74, 6) is -2.44. The van der Waals surface area contributed by atoms with Gasteiger partial charge in [-0.25, -0.2) is 8.78 Å². The molecule has 2 aromatic carbocycles.